The van der Waals surface area contributed by atoms with E-state index in [1.54, 1.807) is 19.1 Å². The number of aryl methyl sites for hydroxylation is 1. The summed E-state index contributed by atoms with van der Waals surface area (Å²) in [5.41, 5.74) is 2.03. The number of nitrogens with zero attached hydrogens (tertiary/aromatic N) is 1. The largest absolute Gasteiger partial charge is 0.273 e. The fourth-order valence-corrected chi connectivity index (χ4v) is 1.46. The first-order valence-electron chi connectivity index (χ1n) is 3.44. The predicted molar refractivity (Wildman–Crippen MR) is 55.3 cm³/mol. The molecule has 12 heavy (non-hydrogen) atoms. The first kappa shape index (κ1) is 9.44. The summed E-state index contributed by atoms with van der Waals surface area (Å²) < 4.78 is 0.974. The predicted octanol–water partition coefficient (Wildman–Crippen LogP) is 2.82. The number of halogens is 1. The minimum Gasteiger partial charge on any atom is -0.258 e. The Morgan fingerprint density at radius 1 is 1.42 bits per heavy atom. The highest BCUT2D eigenvalue weighted by molar-refractivity contribution is 14.1. The van der Waals surface area contributed by atoms with Crippen LogP contribution in [0.15, 0.2) is 12.1 Å². The number of hydrogen-bond acceptors (Lipinski definition) is 2. The van der Waals surface area contributed by atoms with E-state index in [2.05, 4.69) is 22.6 Å². The van der Waals surface area contributed by atoms with Crippen molar-refractivity contribution < 1.29 is 4.92 Å². The molecule has 0 aliphatic rings. The number of nitro benzene ring substituents is 1. The molecule has 0 heterocycles. The first-order valence-corrected chi connectivity index (χ1v) is 4.52. The van der Waals surface area contributed by atoms with Crippen LogP contribution in [0.1, 0.15) is 11.1 Å². The van der Waals surface area contributed by atoms with Crippen LogP contribution in [0.3, 0.4) is 0 Å². The van der Waals surface area contributed by atoms with Gasteiger partial charge in [-0.05, 0) is 42.0 Å². The average Bonchev–Trinajstić information content (AvgIpc) is 2.00. The maximum absolute atomic E-state index is 10.5. The van der Waals surface area contributed by atoms with Crippen LogP contribution in [0.25, 0.3) is 0 Å². The molecule has 3 nitrogen and oxygen atoms in total. The summed E-state index contributed by atoms with van der Waals surface area (Å²) in [6.07, 6.45) is 0. The average molecular weight is 277 g/mol. The molecule has 0 aliphatic carbocycles. The van der Waals surface area contributed by atoms with Gasteiger partial charge >= 0.3 is 0 Å². The molecule has 0 unspecified atom stereocenters. The summed E-state index contributed by atoms with van der Waals surface area (Å²) >= 11 is 2.12. The minimum atomic E-state index is -0.350. The number of benzene rings is 1. The molecule has 0 bridgehead atoms. The lowest BCUT2D eigenvalue weighted by Crippen LogP contribution is -1.95. The van der Waals surface area contributed by atoms with Crippen LogP contribution in [-0.2, 0) is 0 Å². The van der Waals surface area contributed by atoms with Crippen LogP contribution >= 0.6 is 22.6 Å². The van der Waals surface area contributed by atoms with Crippen LogP contribution in [0.2, 0.25) is 0 Å². The molecule has 0 aliphatic heterocycles. The van der Waals surface area contributed by atoms with E-state index in [1.807, 2.05) is 6.92 Å². The minimum absolute atomic E-state index is 0.199. The zero-order valence-electron chi connectivity index (χ0n) is 6.80. The van der Waals surface area contributed by atoms with Crippen molar-refractivity contribution in [2.24, 2.45) is 0 Å². The van der Waals surface area contributed by atoms with E-state index in [0.29, 0.717) is 0 Å². The van der Waals surface area contributed by atoms with Gasteiger partial charge in [-0.3, -0.25) is 10.1 Å². The van der Waals surface area contributed by atoms with Crippen molar-refractivity contribution in [2.75, 3.05) is 0 Å². The lowest BCUT2D eigenvalue weighted by Gasteiger charge is -2.02. The summed E-state index contributed by atoms with van der Waals surface area (Å²) in [6.45, 7) is 3.71. The highest BCUT2D eigenvalue weighted by atomic mass is 127. The molecule has 0 spiro atoms. The molecule has 1 aromatic carbocycles. The first-order chi connectivity index (χ1) is 5.54. The summed E-state index contributed by atoms with van der Waals surface area (Å²) in [5.74, 6) is 0. The van der Waals surface area contributed by atoms with E-state index in [4.69, 9.17) is 0 Å². The molecule has 4 heteroatoms. The Balaban J connectivity index is 3.36. The SMILES string of the molecule is Cc1ccc([N+](=O)[O-])c(C)c1I. The Morgan fingerprint density at radius 2 is 2.00 bits per heavy atom. The standard InChI is InChI=1S/C8H8INO2/c1-5-3-4-7(10(11)12)6(2)8(5)9/h3-4H,1-2H3. The van der Waals surface area contributed by atoms with Crippen LogP contribution in [0, 0.1) is 27.5 Å². The van der Waals surface area contributed by atoms with Gasteiger partial charge in [0.15, 0.2) is 0 Å². The lowest BCUT2D eigenvalue weighted by molar-refractivity contribution is -0.385. The van der Waals surface area contributed by atoms with Crippen molar-refractivity contribution in [1.82, 2.24) is 0 Å². The smallest absolute Gasteiger partial charge is 0.258 e. The van der Waals surface area contributed by atoms with Gasteiger partial charge < -0.3 is 0 Å². The van der Waals surface area contributed by atoms with E-state index >= 15 is 0 Å². The molecule has 0 radical (unpaired) electrons. The van der Waals surface area contributed by atoms with Gasteiger partial charge in [-0.15, -0.1) is 0 Å². The van der Waals surface area contributed by atoms with Crippen molar-refractivity contribution in [3.8, 4) is 0 Å². The van der Waals surface area contributed by atoms with Crippen LogP contribution < -0.4 is 0 Å². The van der Waals surface area contributed by atoms with Gasteiger partial charge in [-0.2, -0.15) is 0 Å². The molecule has 0 fully saturated rings. The third-order valence-electron chi connectivity index (χ3n) is 1.75. The van der Waals surface area contributed by atoms with Crippen molar-refractivity contribution in [3.05, 3.63) is 36.9 Å². The Hall–Kier alpha value is -0.650. The van der Waals surface area contributed by atoms with Crippen LogP contribution in [0.4, 0.5) is 5.69 Å². The zero-order chi connectivity index (χ0) is 9.30. The van der Waals surface area contributed by atoms with Crippen molar-refractivity contribution in [3.63, 3.8) is 0 Å². The summed E-state index contributed by atoms with van der Waals surface area (Å²) in [5, 5.41) is 10.5. The van der Waals surface area contributed by atoms with Crippen LogP contribution in [-0.4, -0.2) is 4.92 Å². The molecule has 0 saturated carbocycles. The second-order valence-corrected chi connectivity index (χ2v) is 3.68. The Kier molecular flexibility index (Phi) is 2.66. The monoisotopic (exact) mass is 277 g/mol. The molecule has 64 valence electrons. The topological polar surface area (TPSA) is 43.1 Å². The van der Waals surface area contributed by atoms with Crippen molar-refractivity contribution in [1.29, 1.82) is 0 Å². The fraction of sp³-hybridized carbons (Fsp3) is 0.250. The molecule has 1 rings (SSSR count). The van der Waals surface area contributed by atoms with Gasteiger partial charge in [0.2, 0.25) is 0 Å². The molecule has 1 aromatic rings. The molecule has 0 atom stereocenters. The highest BCUT2D eigenvalue weighted by Gasteiger charge is 2.13. The second kappa shape index (κ2) is 3.38. The van der Waals surface area contributed by atoms with E-state index in [9.17, 15) is 10.1 Å². The lowest BCUT2D eigenvalue weighted by atomic mass is 10.1. The van der Waals surface area contributed by atoms with Gasteiger partial charge in [-0.25, -0.2) is 0 Å². The van der Waals surface area contributed by atoms with Gasteiger partial charge in [-0.1, -0.05) is 6.07 Å². The quantitative estimate of drug-likeness (QED) is 0.450. The molecular weight excluding hydrogens is 269 g/mol. The van der Waals surface area contributed by atoms with Crippen molar-refractivity contribution in [2.45, 2.75) is 13.8 Å². The second-order valence-electron chi connectivity index (χ2n) is 2.60. The summed E-state index contributed by atoms with van der Waals surface area (Å²) in [4.78, 5) is 10.1. The molecule has 0 aromatic heterocycles. The maximum Gasteiger partial charge on any atom is 0.273 e. The number of hydrogen-bond donors (Lipinski definition) is 0. The molecule has 0 saturated heterocycles. The Labute approximate surface area is 84.1 Å². The summed E-state index contributed by atoms with van der Waals surface area (Å²) in [6, 6.07) is 3.32. The molecule has 0 N–H and O–H groups in total. The Bertz CT molecular complexity index is 336. The van der Waals surface area contributed by atoms with Gasteiger partial charge in [0.05, 0.1) is 4.92 Å². The van der Waals surface area contributed by atoms with Crippen LogP contribution in [0.5, 0.6) is 0 Å². The van der Waals surface area contributed by atoms with E-state index in [-0.39, 0.29) is 10.6 Å². The zero-order valence-corrected chi connectivity index (χ0v) is 8.95. The van der Waals surface area contributed by atoms with Gasteiger partial charge in [0, 0.05) is 15.2 Å². The van der Waals surface area contributed by atoms with E-state index in [1.165, 1.54) is 0 Å². The van der Waals surface area contributed by atoms with Crippen molar-refractivity contribution >= 4 is 28.3 Å². The van der Waals surface area contributed by atoms with E-state index in [0.717, 1.165) is 14.7 Å². The summed E-state index contributed by atoms with van der Waals surface area (Å²) in [7, 11) is 0. The number of nitro groups is 1. The van der Waals surface area contributed by atoms with Gasteiger partial charge in [0.1, 0.15) is 0 Å². The normalized spacial score (nSPS) is 9.92. The molecular formula is C8H8INO2. The Morgan fingerprint density at radius 3 is 2.50 bits per heavy atom. The maximum atomic E-state index is 10.5. The third kappa shape index (κ3) is 1.57. The third-order valence-corrected chi connectivity index (χ3v) is 3.41. The molecule has 0 amide bonds. The van der Waals surface area contributed by atoms with Gasteiger partial charge in [0.25, 0.3) is 5.69 Å². The van der Waals surface area contributed by atoms with E-state index < -0.39 is 0 Å². The highest BCUT2D eigenvalue weighted by Crippen LogP contribution is 2.25. The number of rotatable bonds is 1. The fourth-order valence-electron chi connectivity index (χ4n) is 1.01.